The Morgan fingerprint density at radius 3 is 1.85 bits per heavy atom. The molecule has 0 fully saturated rings. The molecule has 0 bridgehead atoms. The number of alkyl halides is 6. The van der Waals surface area contributed by atoms with Crippen molar-refractivity contribution in [2.75, 3.05) is 0 Å². The summed E-state index contributed by atoms with van der Waals surface area (Å²) in [7, 11) is 0. The zero-order chi connectivity index (χ0) is 15.1. The average molecular weight is 295 g/mol. The first-order valence-corrected chi connectivity index (χ1v) is 5.31. The molecule has 0 spiro atoms. The van der Waals surface area contributed by atoms with Crippen LogP contribution < -0.4 is 0 Å². The Labute approximate surface area is 109 Å². The van der Waals surface area contributed by atoms with Gasteiger partial charge in [-0.25, -0.2) is 4.98 Å². The highest BCUT2D eigenvalue weighted by atomic mass is 19.4. The lowest BCUT2D eigenvalue weighted by atomic mass is 10.1. The number of aromatic nitrogens is 1. The fourth-order valence-electron chi connectivity index (χ4n) is 1.58. The van der Waals surface area contributed by atoms with E-state index in [1.165, 1.54) is 0 Å². The predicted molar refractivity (Wildman–Crippen MR) is 56.7 cm³/mol. The summed E-state index contributed by atoms with van der Waals surface area (Å²) in [6.07, 6.45) is -9.20. The molecule has 0 radical (unpaired) electrons. The molecule has 1 heterocycles. The number of halogens is 6. The number of aryl methyl sites for hydroxylation is 1. The van der Waals surface area contributed by atoms with Crippen molar-refractivity contribution in [1.29, 1.82) is 0 Å². The van der Waals surface area contributed by atoms with Crippen LogP contribution in [-0.2, 0) is 12.4 Å². The van der Waals surface area contributed by atoms with Gasteiger partial charge in [0.25, 0.3) is 0 Å². The van der Waals surface area contributed by atoms with Crippen molar-refractivity contribution in [3.05, 3.63) is 41.3 Å². The molecule has 0 saturated heterocycles. The van der Waals surface area contributed by atoms with Crippen molar-refractivity contribution < 1.29 is 30.8 Å². The molecule has 8 heteroatoms. The molecule has 2 aromatic rings. The van der Waals surface area contributed by atoms with E-state index in [0.717, 1.165) is 31.2 Å². The van der Waals surface area contributed by atoms with E-state index in [1.54, 1.807) is 0 Å². The normalized spacial score (nSPS) is 12.8. The second kappa shape index (κ2) is 4.53. The van der Waals surface area contributed by atoms with E-state index in [1.807, 2.05) is 0 Å². The van der Waals surface area contributed by atoms with E-state index in [0.29, 0.717) is 0 Å². The minimum Gasteiger partial charge on any atom is -0.431 e. The Morgan fingerprint density at radius 1 is 0.900 bits per heavy atom. The lowest BCUT2D eigenvalue weighted by molar-refractivity contribution is -0.153. The maximum Gasteiger partial charge on any atom is 0.451 e. The van der Waals surface area contributed by atoms with Gasteiger partial charge in [0.15, 0.2) is 0 Å². The van der Waals surface area contributed by atoms with Crippen LogP contribution in [0.1, 0.15) is 17.0 Å². The van der Waals surface area contributed by atoms with Crippen LogP contribution in [0.5, 0.6) is 0 Å². The third kappa shape index (κ3) is 2.78. The summed E-state index contributed by atoms with van der Waals surface area (Å²) in [5, 5.41) is 0. The topological polar surface area (TPSA) is 26.0 Å². The van der Waals surface area contributed by atoms with Gasteiger partial charge in [-0.2, -0.15) is 26.3 Å². The Morgan fingerprint density at radius 2 is 1.45 bits per heavy atom. The average Bonchev–Trinajstić information content (AvgIpc) is 2.70. The molecule has 0 aliphatic rings. The van der Waals surface area contributed by atoms with Crippen LogP contribution in [-0.4, -0.2) is 4.98 Å². The van der Waals surface area contributed by atoms with E-state index in [2.05, 4.69) is 9.40 Å². The smallest absolute Gasteiger partial charge is 0.431 e. The number of hydrogen-bond donors (Lipinski definition) is 0. The zero-order valence-electron chi connectivity index (χ0n) is 9.93. The van der Waals surface area contributed by atoms with Gasteiger partial charge in [-0.05, 0) is 31.2 Å². The minimum atomic E-state index is -4.69. The van der Waals surface area contributed by atoms with Gasteiger partial charge in [-0.1, -0.05) is 0 Å². The second-order valence-electron chi connectivity index (χ2n) is 4.01. The molecule has 1 aromatic carbocycles. The molecule has 1 aromatic heterocycles. The fraction of sp³-hybridized carbons (Fsp3) is 0.250. The molecule has 0 aliphatic carbocycles. The highest BCUT2D eigenvalue weighted by Gasteiger charge is 2.38. The van der Waals surface area contributed by atoms with Crippen LogP contribution in [0.4, 0.5) is 26.3 Å². The van der Waals surface area contributed by atoms with E-state index in [4.69, 9.17) is 0 Å². The molecular formula is C12H7F6NO. The number of benzene rings is 1. The maximum atomic E-state index is 12.5. The van der Waals surface area contributed by atoms with Gasteiger partial charge in [0.05, 0.1) is 11.3 Å². The molecule has 0 saturated carbocycles. The summed E-state index contributed by atoms with van der Waals surface area (Å²) in [5.74, 6) is -1.63. The molecular weight excluding hydrogens is 288 g/mol. The number of nitrogens with zero attached hydrogens (tertiary/aromatic N) is 1. The third-order valence-corrected chi connectivity index (χ3v) is 2.51. The maximum absolute atomic E-state index is 12.5. The summed E-state index contributed by atoms with van der Waals surface area (Å²) in [4.78, 5) is 3.57. The highest BCUT2D eigenvalue weighted by Crippen LogP contribution is 2.35. The van der Waals surface area contributed by atoms with Crippen LogP contribution in [0.25, 0.3) is 11.5 Å². The lowest BCUT2D eigenvalue weighted by Crippen LogP contribution is -2.04. The monoisotopic (exact) mass is 295 g/mol. The molecule has 0 atom stereocenters. The third-order valence-electron chi connectivity index (χ3n) is 2.51. The summed E-state index contributed by atoms with van der Waals surface area (Å²) in [5.41, 5.74) is -1.23. The quantitative estimate of drug-likeness (QED) is 0.713. The van der Waals surface area contributed by atoms with Gasteiger partial charge in [-0.3, -0.25) is 0 Å². The highest BCUT2D eigenvalue weighted by molar-refractivity contribution is 5.54. The Bertz CT molecular complexity index is 608. The van der Waals surface area contributed by atoms with Gasteiger partial charge in [0.2, 0.25) is 11.7 Å². The van der Waals surface area contributed by atoms with Crippen LogP contribution in [0.3, 0.4) is 0 Å². The van der Waals surface area contributed by atoms with Crippen molar-refractivity contribution in [2.45, 2.75) is 19.3 Å². The number of hydrogen-bond acceptors (Lipinski definition) is 2. The first-order chi connectivity index (χ1) is 9.09. The number of oxazole rings is 1. The molecule has 0 amide bonds. The van der Waals surface area contributed by atoms with E-state index in [9.17, 15) is 26.3 Å². The van der Waals surface area contributed by atoms with Crippen LogP contribution in [0.15, 0.2) is 28.7 Å². The van der Waals surface area contributed by atoms with Crippen molar-refractivity contribution >= 4 is 0 Å². The van der Waals surface area contributed by atoms with Gasteiger partial charge in [0.1, 0.15) is 0 Å². The molecule has 0 aliphatic heterocycles. The van der Waals surface area contributed by atoms with Crippen LogP contribution >= 0.6 is 0 Å². The van der Waals surface area contributed by atoms with Crippen molar-refractivity contribution in [1.82, 2.24) is 4.98 Å². The van der Waals surface area contributed by atoms with Crippen molar-refractivity contribution in [3.63, 3.8) is 0 Å². The first-order valence-electron chi connectivity index (χ1n) is 5.31. The molecule has 108 valence electrons. The zero-order valence-corrected chi connectivity index (χ0v) is 9.93. The van der Waals surface area contributed by atoms with Gasteiger partial charge in [0, 0.05) is 5.56 Å². The Hall–Kier alpha value is -1.99. The van der Waals surface area contributed by atoms with E-state index >= 15 is 0 Å². The summed E-state index contributed by atoms with van der Waals surface area (Å²) >= 11 is 0. The van der Waals surface area contributed by atoms with Gasteiger partial charge >= 0.3 is 12.4 Å². The number of rotatable bonds is 1. The molecule has 2 nitrogen and oxygen atoms in total. The first kappa shape index (κ1) is 14.4. The predicted octanol–water partition coefficient (Wildman–Crippen LogP) is 4.69. The molecule has 20 heavy (non-hydrogen) atoms. The second-order valence-corrected chi connectivity index (χ2v) is 4.01. The van der Waals surface area contributed by atoms with E-state index < -0.39 is 23.7 Å². The summed E-state index contributed by atoms with van der Waals surface area (Å²) in [6.45, 7) is 1.11. The lowest BCUT2D eigenvalue weighted by Gasteiger charge is -2.06. The summed E-state index contributed by atoms with van der Waals surface area (Å²) in [6, 6.07) is 3.52. The molecule has 0 N–H and O–H groups in total. The van der Waals surface area contributed by atoms with Gasteiger partial charge in [-0.15, -0.1) is 0 Å². The minimum absolute atomic E-state index is 0.0385. The van der Waals surface area contributed by atoms with E-state index in [-0.39, 0.29) is 17.1 Å². The van der Waals surface area contributed by atoms with Crippen LogP contribution in [0, 0.1) is 6.92 Å². The van der Waals surface area contributed by atoms with Crippen molar-refractivity contribution in [2.24, 2.45) is 0 Å². The van der Waals surface area contributed by atoms with Crippen LogP contribution in [0.2, 0.25) is 0 Å². The van der Waals surface area contributed by atoms with Gasteiger partial charge < -0.3 is 4.42 Å². The largest absolute Gasteiger partial charge is 0.451 e. The van der Waals surface area contributed by atoms with Crippen molar-refractivity contribution in [3.8, 4) is 11.5 Å². The standard InChI is InChI=1S/C12H7F6NO/c1-6-9(12(16,17)18)20-10(19-6)7-2-4-8(5-3-7)11(13,14)15/h2-5H,1H3. The Balaban J connectivity index is 2.38. The summed E-state index contributed by atoms with van der Waals surface area (Å²) < 4.78 is 79.2. The fourth-order valence-corrected chi connectivity index (χ4v) is 1.58. The SMILES string of the molecule is Cc1nc(-c2ccc(C(F)(F)F)cc2)oc1C(F)(F)F. The molecule has 2 rings (SSSR count). The molecule has 0 unspecified atom stereocenters. The Kier molecular flexibility index (Phi) is 3.27.